The summed E-state index contributed by atoms with van der Waals surface area (Å²) < 4.78 is 5.51. The number of ether oxygens (including phenoxy) is 1. The van der Waals surface area contributed by atoms with Gasteiger partial charge in [-0.2, -0.15) is 0 Å². The second-order valence-electron chi connectivity index (χ2n) is 7.68. The van der Waals surface area contributed by atoms with Gasteiger partial charge in [-0.15, -0.1) is 0 Å². The summed E-state index contributed by atoms with van der Waals surface area (Å²) in [6.07, 6.45) is 7.62. The van der Waals surface area contributed by atoms with Crippen LogP contribution >= 0.6 is 0 Å². The number of anilines is 1. The van der Waals surface area contributed by atoms with Crippen LogP contribution in [0.3, 0.4) is 0 Å². The normalized spacial score (nSPS) is 22.0. The lowest BCUT2D eigenvalue weighted by Crippen LogP contribution is -2.47. The largest absolute Gasteiger partial charge is 0.493 e. The highest BCUT2D eigenvalue weighted by atomic mass is 16.5. The zero-order chi connectivity index (χ0) is 18.2. The van der Waals surface area contributed by atoms with Crippen molar-refractivity contribution in [1.82, 2.24) is 14.9 Å². The van der Waals surface area contributed by atoms with Crippen molar-refractivity contribution in [3.05, 3.63) is 54.4 Å². The van der Waals surface area contributed by atoms with Gasteiger partial charge in [0.2, 0.25) is 0 Å². The number of methoxy groups -OCH3 is 1. The molecular weight excluding hydrogens is 336 g/mol. The third-order valence-electron chi connectivity index (χ3n) is 6.16. The van der Waals surface area contributed by atoms with E-state index in [4.69, 9.17) is 4.74 Å². The fourth-order valence-corrected chi connectivity index (χ4v) is 4.85. The molecule has 2 atom stereocenters. The predicted molar refractivity (Wildman–Crippen MR) is 109 cm³/mol. The first-order valence-corrected chi connectivity index (χ1v) is 9.88. The van der Waals surface area contributed by atoms with Gasteiger partial charge in [-0.25, -0.2) is 4.98 Å². The molecule has 4 heterocycles. The molecule has 27 heavy (non-hydrogen) atoms. The van der Waals surface area contributed by atoms with Crippen LogP contribution in [0.2, 0.25) is 0 Å². The molecule has 2 aromatic heterocycles. The molecule has 5 rings (SSSR count). The van der Waals surface area contributed by atoms with Gasteiger partial charge in [-0.3, -0.25) is 4.90 Å². The van der Waals surface area contributed by atoms with Crippen molar-refractivity contribution < 1.29 is 4.74 Å². The molecule has 1 N–H and O–H groups in total. The van der Waals surface area contributed by atoms with Crippen LogP contribution in [0, 0.1) is 0 Å². The van der Waals surface area contributed by atoms with Gasteiger partial charge >= 0.3 is 0 Å². The molecule has 2 bridgehead atoms. The Labute approximate surface area is 160 Å². The fourth-order valence-electron chi connectivity index (χ4n) is 4.85. The van der Waals surface area contributed by atoms with Crippen molar-refractivity contribution in [3.63, 3.8) is 0 Å². The molecule has 2 saturated heterocycles. The monoisotopic (exact) mass is 362 g/mol. The van der Waals surface area contributed by atoms with Crippen molar-refractivity contribution >= 4 is 16.7 Å². The van der Waals surface area contributed by atoms with E-state index in [9.17, 15) is 0 Å². The molecule has 0 aliphatic carbocycles. The van der Waals surface area contributed by atoms with E-state index in [0.717, 1.165) is 31.1 Å². The van der Waals surface area contributed by atoms with Crippen LogP contribution in [0.1, 0.15) is 18.4 Å². The Hall–Kier alpha value is -2.53. The number of rotatable bonds is 6. The van der Waals surface area contributed by atoms with E-state index in [2.05, 4.69) is 50.2 Å². The second kappa shape index (κ2) is 6.89. The molecule has 0 radical (unpaired) electrons. The molecule has 1 aromatic carbocycles. The summed E-state index contributed by atoms with van der Waals surface area (Å²) in [5.74, 6) is 1.89. The van der Waals surface area contributed by atoms with E-state index in [1.807, 2.05) is 18.3 Å². The molecule has 0 spiro atoms. The summed E-state index contributed by atoms with van der Waals surface area (Å²) in [5, 5.41) is 1.37. The number of fused-ring (bicyclic) bond motifs is 3. The fraction of sp³-hybridized carbons (Fsp3) is 0.409. The number of aromatic amines is 1. The molecular formula is C22H26N4O. The van der Waals surface area contributed by atoms with Crippen molar-refractivity contribution in [2.45, 2.75) is 31.3 Å². The maximum atomic E-state index is 5.51. The van der Waals surface area contributed by atoms with E-state index in [1.165, 1.54) is 35.9 Å². The van der Waals surface area contributed by atoms with Crippen LogP contribution in [0.5, 0.6) is 5.75 Å². The molecule has 5 nitrogen and oxygen atoms in total. The van der Waals surface area contributed by atoms with Gasteiger partial charge in [0.05, 0.1) is 7.11 Å². The lowest BCUT2D eigenvalue weighted by Gasteiger charge is -2.35. The van der Waals surface area contributed by atoms with Gasteiger partial charge in [0.1, 0.15) is 0 Å². The van der Waals surface area contributed by atoms with Gasteiger partial charge in [-0.1, -0.05) is 18.2 Å². The van der Waals surface area contributed by atoms with Crippen molar-refractivity contribution in [1.29, 1.82) is 0 Å². The number of hydrogen-bond donors (Lipinski definition) is 1. The van der Waals surface area contributed by atoms with E-state index in [0.29, 0.717) is 12.1 Å². The Bertz CT molecular complexity index is 937. The quantitative estimate of drug-likeness (QED) is 0.729. The van der Waals surface area contributed by atoms with Crippen molar-refractivity contribution in [2.75, 3.05) is 31.6 Å². The number of benzene rings is 1. The molecule has 2 aliphatic heterocycles. The lowest BCUT2D eigenvalue weighted by atomic mass is 10.1. The van der Waals surface area contributed by atoms with Crippen LogP contribution < -0.4 is 9.64 Å². The van der Waals surface area contributed by atoms with Crippen LogP contribution in [-0.2, 0) is 6.42 Å². The molecule has 5 heteroatoms. The summed E-state index contributed by atoms with van der Waals surface area (Å²) in [5.41, 5.74) is 2.68. The first kappa shape index (κ1) is 16.6. The van der Waals surface area contributed by atoms with Crippen LogP contribution in [0.15, 0.2) is 48.8 Å². The van der Waals surface area contributed by atoms with E-state index in [1.54, 1.807) is 7.11 Å². The van der Waals surface area contributed by atoms with Gasteiger partial charge in [0.15, 0.2) is 11.6 Å². The highest BCUT2D eigenvalue weighted by Gasteiger charge is 2.44. The number of likely N-dealkylation sites (tertiary alicyclic amines) is 1. The minimum Gasteiger partial charge on any atom is -0.493 e. The average Bonchev–Trinajstić information content (AvgIpc) is 3.42. The molecule has 0 saturated carbocycles. The Balaban J connectivity index is 1.19. The first-order valence-electron chi connectivity index (χ1n) is 9.88. The van der Waals surface area contributed by atoms with E-state index in [-0.39, 0.29) is 0 Å². The zero-order valence-electron chi connectivity index (χ0n) is 15.8. The van der Waals surface area contributed by atoms with Crippen LogP contribution in [-0.4, -0.2) is 53.7 Å². The minimum absolute atomic E-state index is 0.562. The Morgan fingerprint density at radius 1 is 1.15 bits per heavy atom. The topological polar surface area (TPSA) is 44.4 Å². The smallest absolute Gasteiger partial charge is 0.171 e. The molecule has 3 aromatic rings. The number of H-pyrrole nitrogens is 1. The zero-order valence-corrected chi connectivity index (χ0v) is 15.8. The number of aryl methyl sites for hydroxylation is 1. The Morgan fingerprint density at radius 3 is 2.93 bits per heavy atom. The number of nitrogens with zero attached hydrogens (tertiary/aromatic N) is 3. The van der Waals surface area contributed by atoms with Crippen LogP contribution in [0.4, 0.5) is 5.82 Å². The standard InChI is InChI=1S/C22H26N4O/c1-27-21-9-4-10-23-22(21)26-15-17-12-18(26)14-25(17)11-5-6-16-13-24-20-8-3-2-7-19(16)20/h2-4,7-10,13,17-18,24H,5-6,11-12,14-15H2,1H3/t17-,18-/m0/s1. The summed E-state index contributed by atoms with van der Waals surface area (Å²) in [6.45, 7) is 3.37. The third kappa shape index (κ3) is 2.96. The lowest BCUT2D eigenvalue weighted by molar-refractivity contribution is 0.235. The third-order valence-corrected chi connectivity index (χ3v) is 6.16. The summed E-state index contributed by atoms with van der Waals surface area (Å²) in [7, 11) is 1.73. The Kier molecular flexibility index (Phi) is 4.24. The summed E-state index contributed by atoms with van der Waals surface area (Å²) in [4.78, 5) is 13.1. The van der Waals surface area contributed by atoms with E-state index >= 15 is 0 Å². The molecule has 0 amide bonds. The molecule has 2 aliphatic rings. The van der Waals surface area contributed by atoms with Gasteiger partial charge in [0, 0.05) is 48.5 Å². The molecule has 140 valence electrons. The number of para-hydroxylation sites is 1. The predicted octanol–water partition coefficient (Wildman–Crippen LogP) is 3.47. The minimum atomic E-state index is 0.562. The van der Waals surface area contributed by atoms with Gasteiger partial charge < -0.3 is 14.6 Å². The van der Waals surface area contributed by atoms with Gasteiger partial charge in [-0.05, 0) is 49.6 Å². The van der Waals surface area contributed by atoms with E-state index < -0.39 is 0 Å². The second-order valence-corrected chi connectivity index (χ2v) is 7.68. The highest BCUT2D eigenvalue weighted by Crippen LogP contribution is 2.37. The highest BCUT2D eigenvalue weighted by molar-refractivity contribution is 5.83. The number of hydrogen-bond acceptors (Lipinski definition) is 4. The summed E-state index contributed by atoms with van der Waals surface area (Å²) in [6, 6.07) is 13.7. The summed E-state index contributed by atoms with van der Waals surface area (Å²) >= 11 is 0. The SMILES string of the molecule is COc1cccnc1N1C[C@@H]2C[C@H]1CN2CCCc1c[nH]c2ccccc12. The van der Waals surface area contributed by atoms with Crippen molar-refractivity contribution in [2.24, 2.45) is 0 Å². The number of piperazine rings is 1. The Morgan fingerprint density at radius 2 is 2.07 bits per heavy atom. The maximum absolute atomic E-state index is 5.51. The molecule has 2 fully saturated rings. The van der Waals surface area contributed by atoms with Crippen molar-refractivity contribution in [3.8, 4) is 5.75 Å². The number of aromatic nitrogens is 2. The first-order chi connectivity index (χ1) is 13.3. The maximum Gasteiger partial charge on any atom is 0.171 e. The van der Waals surface area contributed by atoms with Crippen LogP contribution in [0.25, 0.3) is 10.9 Å². The molecule has 0 unspecified atom stereocenters. The number of pyridine rings is 1. The van der Waals surface area contributed by atoms with Gasteiger partial charge in [0.25, 0.3) is 0 Å². The average molecular weight is 362 g/mol. The number of nitrogens with one attached hydrogen (secondary N) is 1.